The molecule has 1 unspecified atom stereocenters. The highest BCUT2D eigenvalue weighted by Crippen LogP contribution is 2.32. The Hall–Kier alpha value is -2.14. The molecule has 1 saturated heterocycles. The Morgan fingerprint density at radius 3 is 2.93 bits per heavy atom. The molecule has 3 rings (SSSR count). The fourth-order valence-corrected chi connectivity index (χ4v) is 4.09. The van der Waals surface area contributed by atoms with Crippen molar-refractivity contribution in [3.63, 3.8) is 0 Å². The van der Waals surface area contributed by atoms with Crippen LogP contribution in [0.4, 0.5) is 13.2 Å². The highest BCUT2D eigenvalue weighted by Gasteiger charge is 2.33. The number of amides is 1. The van der Waals surface area contributed by atoms with E-state index in [0.29, 0.717) is 36.8 Å². The van der Waals surface area contributed by atoms with Crippen LogP contribution in [0.15, 0.2) is 29.4 Å². The maximum absolute atomic E-state index is 12.9. The van der Waals surface area contributed by atoms with Crippen LogP contribution < -0.4 is 0 Å². The Bertz CT molecular complexity index is 814. The highest BCUT2D eigenvalue weighted by atomic mass is 32.2. The summed E-state index contributed by atoms with van der Waals surface area (Å²) in [6.07, 6.45) is -2.97. The van der Waals surface area contributed by atoms with E-state index in [1.54, 1.807) is 22.8 Å². The number of carbonyl (C=O) groups excluding carboxylic acids is 1. The van der Waals surface area contributed by atoms with Gasteiger partial charge in [-0.05, 0) is 41.0 Å². The zero-order chi connectivity index (χ0) is 20.1. The number of thioether (sulfide) groups is 1. The van der Waals surface area contributed by atoms with Crippen molar-refractivity contribution < 1.29 is 22.7 Å². The van der Waals surface area contributed by atoms with E-state index >= 15 is 0 Å². The van der Waals surface area contributed by atoms with Crippen LogP contribution in [0, 0.1) is 0 Å². The summed E-state index contributed by atoms with van der Waals surface area (Å²) in [4.78, 5) is 14.4. The van der Waals surface area contributed by atoms with Gasteiger partial charge in [0.25, 0.3) is 0 Å². The molecular formula is C17H20F3N5O2S. The second-order valence-corrected chi connectivity index (χ2v) is 7.55. The molecule has 7 nitrogen and oxygen atoms in total. The number of rotatable bonds is 7. The van der Waals surface area contributed by atoms with E-state index in [2.05, 4.69) is 15.5 Å². The van der Waals surface area contributed by atoms with Crippen LogP contribution >= 0.6 is 11.8 Å². The van der Waals surface area contributed by atoms with Crippen LogP contribution in [0.2, 0.25) is 0 Å². The number of hydrogen-bond donors (Lipinski definition) is 0. The van der Waals surface area contributed by atoms with Crippen molar-refractivity contribution >= 4 is 17.7 Å². The molecule has 0 aliphatic carbocycles. The Morgan fingerprint density at radius 2 is 2.18 bits per heavy atom. The summed E-state index contributed by atoms with van der Waals surface area (Å²) in [7, 11) is 1.58. The van der Waals surface area contributed by atoms with Crippen LogP contribution in [0.1, 0.15) is 24.0 Å². The number of alkyl halides is 3. The van der Waals surface area contributed by atoms with Crippen LogP contribution in [0.5, 0.6) is 0 Å². The molecule has 152 valence electrons. The van der Waals surface area contributed by atoms with Crippen molar-refractivity contribution in [1.29, 1.82) is 0 Å². The number of nitrogens with zero attached hydrogens (tertiary/aromatic N) is 5. The van der Waals surface area contributed by atoms with Crippen molar-refractivity contribution in [1.82, 2.24) is 25.1 Å². The van der Waals surface area contributed by atoms with Gasteiger partial charge in [-0.15, -0.1) is 5.10 Å². The second-order valence-electron chi connectivity index (χ2n) is 6.38. The summed E-state index contributed by atoms with van der Waals surface area (Å²) in [6, 6.07) is 5.09. The zero-order valence-corrected chi connectivity index (χ0v) is 16.0. The predicted octanol–water partition coefficient (Wildman–Crippen LogP) is 2.62. The van der Waals surface area contributed by atoms with Gasteiger partial charge in [-0.1, -0.05) is 23.9 Å². The smallest absolute Gasteiger partial charge is 0.383 e. The number of benzene rings is 1. The lowest BCUT2D eigenvalue weighted by Gasteiger charge is -2.31. The average molecular weight is 415 g/mol. The standard InChI is InChI=1S/C17H20F3N5O2S/c1-27-9-8-25-16(21-22-23-25)28-14-6-3-7-24(15(14)26)11-12-4-2-5-13(10-12)17(18,19)20/h2,4-5,10,14H,3,6-9,11H2,1H3. The summed E-state index contributed by atoms with van der Waals surface area (Å²) in [5.41, 5.74) is -0.253. The molecule has 1 amide bonds. The Morgan fingerprint density at radius 1 is 1.36 bits per heavy atom. The number of likely N-dealkylation sites (tertiary alicyclic amines) is 1. The van der Waals surface area contributed by atoms with E-state index in [-0.39, 0.29) is 17.7 Å². The predicted molar refractivity (Wildman–Crippen MR) is 95.4 cm³/mol. The molecule has 28 heavy (non-hydrogen) atoms. The third-order valence-corrected chi connectivity index (χ3v) is 5.59. The first-order valence-electron chi connectivity index (χ1n) is 8.75. The molecule has 0 saturated carbocycles. The minimum atomic E-state index is -4.40. The Balaban J connectivity index is 1.67. The van der Waals surface area contributed by atoms with Gasteiger partial charge in [0.1, 0.15) is 0 Å². The molecule has 11 heteroatoms. The number of piperidine rings is 1. The molecule has 1 aliphatic rings. The van der Waals surface area contributed by atoms with E-state index < -0.39 is 11.7 Å². The first kappa shape index (κ1) is 20.6. The van der Waals surface area contributed by atoms with Gasteiger partial charge >= 0.3 is 6.18 Å². The minimum Gasteiger partial charge on any atom is -0.383 e. The zero-order valence-electron chi connectivity index (χ0n) is 15.2. The van der Waals surface area contributed by atoms with Crippen LogP contribution in [0.25, 0.3) is 0 Å². The van der Waals surface area contributed by atoms with Crippen LogP contribution in [-0.2, 0) is 28.8 Å². The maximum Gasteiger partial charge on any atom is 0.416 e. The fraction of sp³-hybridized carbons (Fsp3) is 0.529. The summed E-state index contributed by atoms with van der Waals surface area (Å²) in [6.45, 7) is 1.58. The summed E-state index contributed by atoms with van der Waals surface area (Å²) < 4.78 is 45.3. The lowest BCUT2D eigenvalue weighted by molar-refractivity contribution is -0.137. The number of hydrogen-bond acceptors (Lipinski definition) is 6. The van der Waals surface area contributed by atoms with E-state index in [4.69, 9.17) is 4.74 Å². The van der Waals surface area contributed by atoms with Crippen molar-refractivity contribution in [3.05, 3.63) is 35.4 Å². The van der Waals surface area contributed by atoms with Crippen molar-refractivity contribution in [2.75, 3.05) is 20.3 Å². The first-order valence-corrected chi connectivity index (χ1v) is 9.63. The summed E-state index contributed by atoms with van der Waals surface area (Å²) in [5.74, 6) is -0.116. The number of aromatic nitrogens is 4. The van der Waals surface area contributed by atoms with E-state index in [9.17, 15) is 18.0 Å². The molecule has 1 aromatic carbocycles. The minimum absolute atomic E-state index is 0.116. The summed E-state index contributed by atoms with van der Waals surface area (Å²) >= 11 is 1.28. The maximum atomic E-state index is 12.9. The third kappa shape index (κ3) is 5.02. The number of halogens is 3. The van der Waals surface area contributed by atoms with Gasteiger partial charge in [-0.2, -0.15) is 13.2 Å². The molecule has 0 bridgehead atoms. The van der Waals surface area contributed by atoms with Crippen molar-refractivity contribution in [2.45, 2.75) is 42.5 Å². The van der Waals surface area contributed by atoms with E-state index in [0.717, 1.165) is 18.6 Å². The van der Waals surface area contributed by atoms with Gasteiger partial charge in [-0.25, -0.2) is 4.68 Å². The Kier molecular flexibility index (Phi) is 6.55. The van der Waals surface area contributed by atoms with Gasteiger partial charge in [0.05, 0.1) is 24.0 Å². The van der Waals surface area contributed by atoms with E-state index in [1.165, 1.54) is 17.8 Å². The third-order valence-electron chi connectivity index (χ3n) is 4.36. The molecule has 1 aromatic heterocycles. The number of tetrazole rings is 1. The second kappa shape index (κ2) is 8.91. The molecular weight excluding hydrogens is 395 g/mol. The quantitative estimate of drug-likeness (QED) is 0.692. The van der Waals surface area contributed by atoms with Crippen molar-refractivity contribution in [3.8, 4) is 0 Å². The molecule has 1 fully saturated rings. The van der Waals surface area contributed by atoms with Gasteiger partial charge < -0.3 is 9.64 Å². The number of carbonyl (C=O) groups is 1. The molecule has 1 aliphatic heterocycles. The molecule has 2 heterocycles. The summed E-state index contributed by atoms with van der Waals surface area (Å²) in [5, 5.41) is 11.6. The monoisotopic (exact) mass is 415 g/mol. The normalized spacial score (nSPS) is 17.9. The molecule has 0 spiro atoms. The van der Waals surface area contributed by atoms with Gasteiger partial charge in [-0.3, -0.25) is 4.79 Å². The molecule has 1 atom stereocenters. The van der Waals surface area contributed by atoms with Crippen molar-refractivity contribution in [2.24, 2.45) is 0 Å². The highest BCUT2D eigenvalue weighted by molar-refractivity contribution is 8.00. The fourth-order valence-electron chi connectivity index (χ4n) is 2.96. The number of ether oxygens (including phenoxy) is 1. The SMILES string of the molecule is COCCn1nnnc1SC1CCCN(Cc2cccc(C(F)(F)F)c2)C1=O. The molecule has 2 aromatic rings. The van der Waals surface area contributed by atoms with Gasteiger partial charge in [0.2, 0.25) is 11.1 Å². The molecule has 0 N–H and O–H groups in total. The van der Waals surface area contributed by atoms with Crippen LogP contribution in [0.3, 0.4) is 0 Å². The topological polar surface area (TPSA) is 73.1 Å². The van der Waals surface area contributed by atoms with Crippen LogP contribution in [-0.4, -0.2) is 56.5 Å². The lowest BCUT2D eigenvalue weighted by atomic mass is 10.1. The molecule has 0 radical (unpaired) electrons. The Labute approximate surface area is 164 Å². The number of methoxy groups -OCH3 is 1. The van der Waals surface area contributed by atoms with E-state index in [1.807, 2.05) is 0 Å². The first-order chi connectivity index (χ1) is 13.4. The average Bonchev–Trinajstić information content (AvgIpc) is 3.10. The van der Waals surface area contributed by atoms with Gasteiger partial charge in [0.15, 0.2) is 0 Å². The van der Waals surface area contributed by atoms with Gasteiger partial charge in [0, 0.05) is 20.2 Å². The largest absolute Gasteiger partial charge is 0.416 e. The lowest BCUT2D eigenvalue weighted by Crippen LogP contribution is -2.42.